The SMILES string of the molecule is CCC(COC)NC(c1cccs1)C1CCCC1. The molecule has 0 saturated heterocycles. The van der Waals surface area contributed by atoms with E-state index in [1.54, 1.807) is 7.11 Å². The first-order valence-electron chi connectivity index (χ1n) is 7.13. The summed E-state index contributed by atoms with van der Waals surface area (Å²) in [6.07, 6.45) is 6.67. The second kappa shape index (κ2) is 7.27. The van der Waals surface area contributed by atoms with E-state index in [9.17, 15) is 0 Å². The van der Waals surface area contributed by atoms with Crippen LogP contribution in [0, 0.1) is 5.92 Å². The van der Waals surface area contributed by atoms with E-state index in [0.29, 0.717) is 12.1 Å². The van der Waals surface area contributed by atoms with Gasteiger partial charge in [-0.15, -0.1) is 11.3 Å². The molecule has 18 heavy (non-hydrogen) atoms. The second-order valence-corrected chi connectivity index (χ2v) is 6.24. The standard InChI is InChI=1S/C15H25NOS/c1-3-13(11-17-2)16-15(12-7-4-5-8-12)14-9-6-10-18-14/h6,9-10,12-13,15-16H,3-5,7-8,11H2,1-2H3. The fourth-order valence-electron chi connectivity index (χ4n) is 2.95. The molecule has 1 heterocycles. The molecule has 2 unspecified atom stereocenters. The summed E-state index contributed by atoms with van der Waals surface area (Å²) in [6, 6.07) is 5.46. The fraction of sp³-hybridized carbons (Fsp3) is 0.733. The van der Waals surface area contributed by atoms with E-state index in [1.807, 2.05) is 11.3 Å². The first-order valence-corrected chi connectivity index (χ1v) is 8.01. The highest BCUT2D eigenvalue weighted by Gasteiger charge is 2.28. The number of methoxy groups -OCH3 is 1. The first-order chi connectivity index (χ1) is 8.85. The molecule has 1 fully saturated rings. The van der Waals surface area contributed by atoms with Gasteiger partial charge in [-0.3, -0.25) is 0 Å². The highest BCUT2D eigenvalue weighted by atomic mass is 32.1. The molecule has 2 nitrogen and oxygen atoms in total. The molecule has 1 aliphatic carbocycles. The van der Waals surface area contributed by atoms with Gasteiger partial charge in [0.25, 0.3) is 0 Å². The molecule has 0 spiro atoms. The minimum absolute atomic E-state index is 0.475. The Labute approximate surface area is 115 Å². The van der Waals surface area contributed by atoms with Crippen molar-refractivity contribution in [2.24, 2.45) is 5.92 Å². The van der Waals surface area contributed by atoms with Crippen LogP contribution in [0.4, 0.5) is 0 Å². The number of thiophene rings is 1. The van der Waals surface area contributed by atoms with E-state index in [0.717, 1.165) is 18.9 Å². The van der Waals surface area contributed by atoms with Crippen molar-refractivity contribution < 1.29 is 4.74 Å². The van der Waals surface area contributed by atoms with Gasteiger partial charge in [-0.05, 0) is 36.6 Å². The van der Waals surface area contributed by atoms with Crippen molar-refractivity contribution in [3.05, 3.63) is 22.4 Å². The van der Waals surface area contributed by atoms with Crippen LogP contribution < -0.4 is 5.32 Å². The molecular weight excluding hydrogens is 242 g/mol. The molecular formula is C15H25NOS. The van der Waals surface area contributed by atoms with Crippen LogP contribution in [-0.4, -0.2) is 19.8 Å². The van der Waals surface area contributed by atoms with Crippen molar-refractivity contribution >= 4 is 11.3 Å². The van der Waals surface area contributed by atoms with Crippen LogP contribution in [0.15, 0.2) is 17.5 Å². The summed E-state index contributed by atoms with van der Waals surface area (Å²) in [7, 11) is 1.79. The fourth-order valence-corrected chi connectivity index (χ4v) is 3.83. The predicted molar refractivity (Wildman–Crippen MR) is 78.1 cm³/mol. The van der Waals surface area contributed by atoms with Gasteiger partial charge in [0.2, 0.25) is 0 Å². The Hall–Kier alpha value is -0.380. The zero-order valence-corrected chi connectivity index (χ0v) is 12.3. The van der Waals surface area contributed by atoms with Crippen molar-refractivity contribution in [3.63, 3.8) is 0 Å². The van der Waals surface area contributed by atoms with Gasteiger partial charge in [0.1, 0.15) is 0 Å². The van der Waals surface area contributed by atoms with Crippen LogP contribution in [-0.2, 0) is 4.74 Å². The summed E-state index contributed by atoms with van der Waals surface area (Å²) in [4.78, 5) is 1.50. The van der Waals surface area contributed by atoms with E-state index in [2.05, 4.69) is 29.8 Å². The van der Waals surface area contributed by atoms with E-state index < -0.39 is 0 Å². The van der Waals surface area contributed by atoms with E-state index in [-0.39, 0.29) is 0 Å². The first kappa shape index (κ1) is 14.0. The second-order valence-electron chi connectivity index (χ2n) is 5.26. The third kappa shape index (κ3) is 3.56. The topological polar surface area (TPSA) is 21.3 Å². The number of hydrogen-bond acceptors (Lipinski definition) is 3. The van der Waals surface area contributed by atoms with Crippen LogP contribution in [0.1, 0.15) is 49.9 Å². The lowest BCUT2D eigenvalue weighted by Gasteiger charge is -2.28. The summed E-state index contributed by atoms with van der Waals surface area (Å²) >= 11 is 1.89. The quantitative estimate of drug-likeness (QED) is 0.806. The Bertz CT molecular complexity index is 319. The molecule has 0 bridgehead atoms. The molecule has 0 radical (unpaired) electrons. The van der Waals surface area contributed by atoms with Crippen molar-refractivity contribution in [2.45, 2.75) is 51.1 Å². The molecule has 0 amide bonds. The third-order valence-electron chi connectivity index (χ3n) is 4.00. The van der Waals surface area contributed by atoms with E-state index in [1.165, 1.54) is 30.6 Å². The van der Waals surface area contributed by atoms with Crippen LogP contribution in [0.3, 0.4) is 0 Å². The molecule has 1 saturated carbocycles. The van der Waals surface area contributed by atoms with Crippen molar-refractivity contribution in [1.29, 1.82) is 0 Å². The maximum absolute atomic E-state index is 5.32. The Morgan fingerprint density at radius 3 is 2.78 bits per heavy atom. The normalized spacial score (nSPS) is 20.1. The van der Waals surface area contributed by atoms with Gasteiger partial charge < -0.3 is 10.1 Å². The van der Waals surface area contributed by atoms with Gasteiger partial charge in [-0.25, -0.2) is 0 Å². The molecule has 1 aromatic heterocycles. The third-order valence-corrected chi connectivity index (χ3v) is 4.95. The lowest BCUT2D eigenvalue weighted by Crippen LogP contribution is -2.38. The molecule has 3 heteroatoms. The average Bonchev–Trinajstić information content (AvgIpc) is 3.06. The van der Waals surface area contributed by atoms with Crippen molar-refractivity contribution in [1.82, 2.24) is 5.32 Å². The van der Waals surface area contributed by atoms with Crippen LogP contribution in [0.2, 0.25) is 0 Å². The van der Waals surface area contributed by atoms with Gasteiger partial charge in [-0.1, -0.05) is 25.8 Å². The van der Waals surface area contributed by atoms with Gasteiger partial charge >= 0.3 is 0 Å². The number of nitrogens with one attached hydrogen (secondary N) is 1. The molecule has 0 aliphatic heterocycles. The summed E-state index contributed by atoms with van der Waals surface area (Å²) in [6.45, 7) is 3.04. The Morgan fingerprint density at radius 1 is 1.44 bits per heavy atom. The molecule has 1 N–H and O–H groups in total. The number of ether oxygens (including phenoxy) is 1. The molecule has 2 rings (SSSR count). The Balaban J connectivity index is 2.04. The maximum atomic E-state index is 5.32. The summed E-state index contributed by atoms with van der Waals surface area (Å²) in [5.41, 5.74) is 0. The maximum Gasteiger partial charge on any atom is 0.0615 e. The Kier molecular flexibility index (Phi) is 5.67. The Morgan fingerprint density at radius 2 is 2.22 bits per heavy atom. The van der Waals surface area contributed by atoms with Crippen molar-refractivity contribution in [3.8, 4) is 0 Å². The molecule has 1 aromatic rings. The van der Waals surface area contributed by atoms with E-state index in [4.69, 9.17) is 4.74 Å². The smallest absolute Gasteiger partial charge is 0.0615 e. The minimum Gasteiger partial charge on any atom is -0.383 e. The lowest BCUT2D eigenvalue weighted by molar-refractivity contribution is 0.152. The van der Waals surface area contributed by atoms with Gasteiger partial charge in [0, 0.05) is 24.1 Å². The molecule has 1 aliphatic rings. The number of hydrogen-bond donors (Lipinski definition) is 1. The molecule has 2 atom stereocenters. The number of rotatable bonds is 7. The lowest BCUT2D eigenvalue weighted by atomic mass is 9.95. The largest absolute Gasteiger partial charge is 0.383 e. The van der Waals surface area contributed by atoms with Gasteiger partial charge in [0.05, 0.1) is 6.61 Å². The average molecular weight is 267 g/mol. The van der Waals surface area contributed by atoms with Gasteiger partial charge in [0.15, 0.2) is 0 Å². The van der Waals surface area contributed by atoms with Gasteiger partial charge in [-0.2, -0.15) is 0 Å². The van der Waals surface area contributed by atoms with Crippen LogP contribution >= 0.6 is 11.3 Å². The highest BCUT2D eigenvalue weighted by Crippen LogP contribution is 2.37. The molecule has 102 valence electrons. The monoisotopic (exact) mass is 267 g/mol. The summed E-state index contributed by atoms with van der Waals surface area (Å²) in [5.74, 6) is 0.814. The highest BCUT2D eigenvalue weighted by molar-refractivity contribution is 7.10. The molecule has 0 aromatic carbocycles. The van der Waals surface area contributed by atoms with E-state index >= 15 is 0 Å². The predicted octanol–water partition coefficient (Wildman–Crippen LogP) is 3.99. The zero-order valence-electron chi connectivity index (χ0n) is 11.5. The minimum atomic E-state index is 0.475. The zero-order chi connectivity index (χ0) is 12.8. The van der Waals surface area contributed by atoms with Crippen molar-refractivity contribution in [2.75, 3.05) is 13.7 Å². The van der Waals surface area contributed by atoms with Crippen LogP contribution in [0.5, 0.6) is 0 Å². The summed E-state index contributed by atoms with van der Waals surface area (Å²) in [5, 5.41) is 6.03. The summed E-state index contributed by atoms with van der Waals surface area (Å²) < 4.78 is 5.32. The van der Waals surface area contributed by atoms with Crippen LogP contribution in [0.25, 0.3) is 0 Å².